The molecule has 0 amide bonds. The molecule has 5 aliphatic rings. The Balaban J connectivity index is 1.67. The minimum Gasteiger partial charge on any atom is -0.481 e. The van der Waals surface area contributed by atoms with Crippen molar-refractivity contribution < 1.29 is 30.3 Å². The van der Waals surface area contributed by atoms with Crippen LogP contribution in [-0.2, 0) is 4.79 Å². The van der Waals surface area contributed by atoms with Crippen molar-refractivity contribution in [1.82, 2.24) is 0 Å². The molecule has 5 N–H and O–H groups in total. The SMILES string of the molecule is CC1CC[C@]2(C(=O)O)CC[C@]3(C)C(=CC[C@H]4[C@@]5(C)C(O)C(O)C(O)C(C)(C)[C@H]5CC[C@]43C)[C@H]2[C@]1(C)O. The summed E-state index contributed by atoms with van der Waals surface area (Å²) < 4.78 is 0. The number of allylic oxidation sites excluding steroid dienone is 1. The van der Waals surface area contributed by atoms with Crippen molar-refractivity contribution in [3.63, 3.8) is 0 Å². The summed E-state index contributed by atoms with van der Waals surface area (Å²) in [4.78, 5) is 12.8. The van der Waals surface area contributed by atoms with E-state index in [1.54, 1.807) is 0 Å². The molecule has 0 aromatic heterocycles. The van der Waals surface area contributed by atoms with Crippen LogP contribution in [-0.4, -0.2) is 55.4 Å². The fourth-order valence-corrected chi connectivity index (χ4v) is 10.9. The molecule has 0 bridgehead atoms. The van der Waals surface area contributed by atoms with Gasteiger partial charge >= 0.3 is 5.97 Å². The number of aliphatic carboxylic acids is 1. The smallest absolute Gasteiger partial charge is 0.310 e. The van der Waals surface area contributed by atoms with Crippen molar-refractivity contribution in [2.75, 3.05) is 0 Å². The van der Waals surface area contributed by atoms with E-state index in [-0.39, 0.29) is 28.6 Å². The molecule has 12 atom stereocenters. The van der Waals surface area contributed by atoms with Crippen molar-refractivity contribution in [3.8, 4) is 0 Å². The van der Waals surface area contributed by atoms with Crippen molar-refractivity contribution in [1.29, 1.82) is 0 Å². The highest BCUT2D eigenvalue weighted by molar-refractivity contribution is 5.77. The van der Waals surface area contributed by atoms with Gasteiger partial charge in [0.05, 0.1) is 23.2 Å². The van der Waals surface area contributed by atoms with Crippen LogP contribution in [0.25, 0.3) is 0 Å². The van der Waals surface area contributed by atoms with Gasteiger partial charge in [-0.05, 0) is 85.9 Å². The third-order valence-corrected chi connectivity index (χ3v) is 13.6. The van der Waals surface area contributed by atoms with Gasteiger partial charge in [-0.2, -0.15) is 0 Å². The fraction of sp³-hybridized carbons (Fsp3) is 0.900. The van der Waals surface area contributed by atoms with E-state index in [2.05, 4.69) is 26.8 Å². The van der Waals surface area contributed by atoms with Gasteiger partial charge < -0.3 is 25.5 Å². The second-order valence-electron chi connectivity index (χ2n) is 14.9. The highest BCUT2D eigenvalue weighted by atomic mass is 16.4. The lowest BCUT2D eigenvalue weighted by Crippen LogP contribution is -2.72. The minimum atomic E-state index is -1.20. The lowest BCUT2D eigenvalue weighted by molar-refractivity contribution is -0.279. The maximum Gasteiger partial charge on any atom is 0.310 e. The Hall–Kier alpha value is -0.950. The van der Waals surface area contributed by atoms with Crippen LogP contribution in [0.5, 0.6) is 0 Å². The third-order valence-electron chi connectivity index (χ3n) is 13.6. The quantitative estimate of drug-likeness (QED) is 0.343. The third kappa shape index (κ3) is 2.80. The van der Waals surface area contributed by atoms with Gasteiger partial charge in [0.1, 0.15) is 6.10 Å². The molecule has 6 nitrogen and oxygen atoms in total. The van der Waals surface area contributed by atoms with Crippen molar-refractivity contribution in [2.24, 2.45) is 50.7 Å². The first-order valence-electron chi connectivity index (χ1n) is 14.1. The average Bonchev–Trinajstić information content (AvgIpc) is 2.79. The Morgan fingerprint density at radius 1 is 0.889 bits per heavy atom. The largest absolute Gasteiger partial charge is 0.481 e. The van der Waals surface area contributed by atoms with Crippen LogP contribution >= 0.6 is 0 Å². The average molecular weight is 505 g/mol. The number of carboxylic acids is 1. The molecule has 0 aliphatic heterocycles. The van der Waals surface area contributed by atoms with Crippen LogP contribution in [0.1, 0.15) is 93.4 Å². The van der Waals surface area contributed by atoms with Gasteiger partial charge in [0.25, 0.3) is 0 Å². The lowest BCUT2D eigenvalue weighted by atomic mass is 9.32. The number of rotatable bonds is 1. The first-order chi connectivity index (χ1) is 16.4. The number of aliphatic hydroxyl groups excluding tert-OH is 3. The summed E-state index contributed by atoms with van der Waals surface area (Å²) in [7, 11) is 0. The van der Waals surface area contributed by atoms with Gasteiger partial charge in [-0.3, -0.25) is 4.79 Å². The number of fused-ring (bicyclic) bond motifs is 7. The summed E-state index contributed by atoms with van der Waals surface area (Å²) in [6, 6.07) is 0. The zero-order chi connectivity index (χ0) is 26.9. The molecule has 0 radical (unpaired) electrons. The predicted octanol–water partition coefficient (Wildman–Crippen LogP) is 4.15. The van der Waals surface area contributed by atoms with Crippen molar-refractivity contribution >= 4 is 5.97 Å². The van der Waals surface area contributed by atoms with Crippen molar-refractivity contribution in [3.05, 3.63) is 11.6 Å². The lowest BCUT2D eigenvalue weighted by Gasteiger charge is -2.72. The normalized spacial score (nSPS) is 58.0. The van der Waals surface area contributed by atoms with Gasteiger partial charge in [-0.25, -0.2) is 0 Å². The van der Waals surface area contributed by atoms with Gasteiger partial charge in [0.2, 0.25) is 0 Å². The van der Waals surface area contributed by atoms with E-state index in [1.165, 1.54) is 0 Å². The van der Waals surface area contributed by atoms with Gasteiger partial charge in [-0.1, -0.05) is 53.2 Å². The number of carboxylic acid groups (broad SMARTS) is 1. The van der Waals surface area contributed by atoms with Gasteiger partial charge in [0.15, 0.2) is 0 Å². The maximum atomic E-state index is 12.8. The van der Waals surface area contributed by atoms with Crippen LogP contribution in [0.2, 0.25) is 0 Å². The first-order valence-corrected chi connectivity index (χ1v) is 14.1. The molecule has 5 aliphatic carbocycles. The second kappa shape index (κ2) is 7.58. The Morgan fingerprint density at radius 3 is 2.14 bits per heavy atom. The van der Waals surface area contributed by atoms with Gasteiger partial charge in [0, 0.05) is 11.3 Å². The monoisotopic (exact) mass is 504 g/mol. The number of aliphatic hydroxyl groups is 4. The molecular formula is C30H48O6. The molecule has 0 saturated heterocycles. The predicted molar refractivity (Wildman–Crippen MR) is 137 cm³/mol. The van der Waals surface area contributed by atoms with Crippen molar-refractivity contribution in [2.45, 2.75) is 117 Å². The molecule has 4 saturated carbocycles. The van der Waals surface area contributed by atoms with E-state index in [1.807, 2.05) is 27.7 Å². The van der Waals surface area contributed by atoms with Gasteiger partial charge in [-0.15, -0.1) is 0 Å². The number of hydrogen-bond donors (Lipinski definition) is 5. The van der Waals surface area contributed by atoms with Crippen LogP contribution in [0, 0.1) is 50.7 Å². The molecule has 36 heavy (non-hydrogen) atoms. The summed E-state index contributed by atoms with van der Waals surface area (Å²) in [5.41, 5.74) is -2.63. The summed E-state index contributed by atoms with van der Waals surface area (Å²) in [6.45, 7) is 14.7. The van der Waals surface area contributed by atoms with E-state index >= 15 is 0 Å². The molecule has 0 aromatic rings. The van der Waals surface area contributed by atoms with E-state index < -0.39 is 52.0 Å². The highest BCUT2D eigenvalue weighted by Crippen LogP contribution is 2.76. The fourth-order valence-electron chi connectivity index (χ4n) is 10.9. The molecule has 4 fully saturated rings. The Kier molecular flexibility index (Phi) is 5.61. The van der Waals surface area contributed by atoms with E-state index in [0.717, 1.165) is 24.8 Å². The maximum absolute atomic E-state index is 12.8. The standard InChI is InChI=1S/C30H48O6/c1-16-10-13-30(24(34)35)15-14-26(4)17(21(30)29(16,7)36)8-9-19-27(26,5)12-11-18-25(2,3)22(32)20(31)23(33)28(18,19)6/h8,16,18-23,31-33,36H,9-15H2,1-7H3,(H,34,35)/t16?,18-,19-,20?,21+,22?,23?,26-,27-,28+,29-,30+/m1/s1. The molecule has 6 heteroatoms. The first kappa shape index (κ1) is 26.6. The topological polar surface area (TPSA) is 118 Å². The van der Waals surface area contributed by atoms with Crippen LogP contribution in [0.15, 0.2) is 11.6 Å². The number of hydrogen-bond acceptors (Lipinski definition) is 5. The highest BCUT2D eigenvalue weighted by Gasteiger charge is 2.73. The summed E-state index contributed by atoms with van der Waals surface area (Å²) in [5.74, 6) is -1.10. The molecule has 0 heterocycles. The molecule has 0 aromatic carbocycles. The number of carbonyl (C=O) groups is 1. The molecule has 5 rings (SSSR count). The Bertz CT molecular complexity index is 986. The zero-order valence-corrected chi connectivity index (χ0v) is 23.2. The minimum absolute atomic E-state index is 0.00890. The van der Waals surface area contributed by atoms with E-state index in [4.69, 9.17) is 0 Å². The van der Waals surface area contributed by atoms with E-state index in [0.29, 0.717) is 25.7 Å². The van der Waals surface area contributed by atoms with Crippen LogP contribution in [0.3, 0.4) is 0 Å². The van der Waals surface area contributed by atoms with Crippen LogP contribution < -0.4 is 0 Å². The van der Waals surface area contributed by atoms with E-state index in [9.17, 15) is 30.3 Å². The molecule has 4 unspecified atom stereocenters. The summed E-state index contributed by atoms with van der Waals surface area (Å²) in [5, 5.41) is 55.9. The molecule has 204 valence electrons. The molecular weight excluding hydrogens is 456 g/mol. The summed E-state index contributed by atoms with van der Waals surface area (Å²) >= 11 is 0. The van der Waals surface area contributed by atoms with Crippen LogP contribution in [0.4, 0.5) is 0 Å². The molecule has 0 spiro atoms. The Labute approximate surface area is 216 Å². The zero-order valence-electron chi connectivity index (χ0n) is 23.2. The summed E-state index contributed by atoms with van der Waals surface area (Å²) in [6.07, 6.45) is 4.02. The second-order valence-corrected chi connectivity index (χ2v) is 14.9. The Morgan fingerprint density at radius 2 is 1.53 bits per heavy atom.